The van der Waals surface area contributed by atoms with Crippen LogP contribution in [0.15, 0.2) is 48.5 Å². The molecule has 0 atom stereocenters. The van der Waals surface area contributed by atoms with E-state index in [0.29, 0.717) is 11.4 Å². The highest BCUT2D eigenvalue weighted by molar-refractivity contribution is 5.91. The van der Waals surface area contributed by atoms with Crippen molar-refractivity contribution in [2.45, 2.75) is 0 Å². The minimum absolute atomic E-state index is 0.0597. The number of nitro benzene ring substituents is 1. The summed E-state index contributed by atoms with van der Waals surface area (Å²) in [6, 6.07) is 10.7. The Morgan fingerprint density at radius 2 is 1.76 bits per heavy atom. The van der Waals surface area contributed by atoms with Crippen LogP contribution < -0.4 is 10.1 Å². The lowest BCUT2D eigenvalue weighted by molar-refractivity contribution is -0.384. The van der Waals surface area contributed by atoms with Gasteiger partial charge in [-0.2, -0.15) is 0 Å². The van der Waals surface area contributed by atoms with Gasteiger partial charge in [-0.25, -0.2) is 4.39 Å². The third kappa shape index (κ3) is 4.27. The number of nitrogens with zero attached hydrogens (tertiary/aromatic N) is 1. The lowest BCUT2D eigenvalue weighted by Gasteiger charge is -2.07. The Labute approximate surface area is 119 Å². The van der Waals surface area contributed by atoms with Gasteiger partial charge < -0.3 is 10.1 Å². The van der Waals surface area contributed by atoms with E-state index in [9.17, 15) is 19.3 Å². The summed E-state index contributed by atoms with van der Waals surface area (Å²) >= 11 is 0. The standard InChI is InChI=1S/C14H11FN2O4/c15-10-1-7-13(8-2-10)21-9-14(18)16-11-3-5-12(6-4-11)17(19)20/h1-8H,9H2,(H,16,18). The number of carbonyl (C=O) groups excluding carboxylic acids is 1. The van der Waals surface area contributed by atoms with E-state index in [0.717, 1.165) is 0 Å². The molecule has 0 saturated carbocycles. The van der Waals surface area contributed by atoms with E-state index in [1.54, 1.807) is 0 Å². The number of anilines is 1. The van der Waals surface area contributed by atoms with Gasteiger partial charge in [-0.3, -0.25) is 14.9 Å². The molecule has 0 saturated heterocycles. The maximum absolute atomic E-state index is 12.7. The van der Waals surface area contributed by atoms with Crippen LogP contribution in [-0.2, 0) is 4.79 Å². The van der Waals surface area contributed by atoms with Crippen LogP contribution in [-0.4, -0.2) is 17.4 Å². The lowest BCUT2D eigenvalue weighted by atomic mass is 10.3. The highest BCUT2D eigenvalue weighted by Crippen LogP contribution is 2.15. The molecule has 1 amide bonds. The first kappa shape index (κ1) is 14.4. The largest absolute Gasteiger partial charge is 0.484 e. The quantitative estimate of drug-likeness (QED) is 0.678. The number of hydrogen-bond donors (Lipinski definition) is 1. The third-order valence-electron chi connectivity index (χ3n) is 2.55. The number of benzene rings is 2. The third-order valence-corrected chi connectivity index (χ3v) is 2.55. The van der Waals surface area contributed by atoms with Gasteiger partial charge >= 0.3 is 0 Å². The molecule has 2 aromatic carbocycles. The molecule has 7 heteroatoms. The predicted octanol–water partition coefficient (Wildman–Crippen LogP) is 2.75. The number of amides is 1. The summed E-state index contributed by atoms with van der Waals surface area (Å²) in [4.78, 5) is 21.6. The monoisotopic (exact) mass is 290 g/mol. The van der Waals surface area contributed by atoms with E-state index < -0.39 is 16.6 Å². The summed E-state index contributed by atoms with van der Waals surface area (Å²) in [6.45, 7) is -0.247. The van der Waals surface area contributed by atoms with Crippen LogP contribution in [0.1, 0.15) is 0 Å². The maximum atomic E-state index is 12.7. The van der Waals surface area contributed by atoms with Crippen molar-refractivity contribution in [2.24, 2.45) is 0 Å². The van der Waals surface area contributed by atoms with Crippen molar-refractivity contribution in [2.75, 3.05) is 11.9 Å². The summed E-state index contributed by atoms with van der Waals surface area (Å²) in [5.74, 6) is -0.443. The van der Waals surface area contributed by atoms with Crippen molar-refractivity contribution in [1.29, 1.82) is 0 Å². The maximum Gasteiger partial charge on any atom is 0.269 e. The molecule has 2 aromatic rings. The zero-order valence-electron chi connectivity index (χ0n) is 10.8. The normalized spacial score (nSPS) is 9.95. The zero-order chi connectivity index (χ0) is 15.2. The van der Waals surface area contributed by atoms with Crippen LogP contribution >= 0.6 is 0 Å². The van der Waals surface area contributed by atoms with Crippen molar-refractivity contribution < 1.29 is 18.8 Å². The minimum Gasteiger partial charge on any atom is -0.484 e. The highest BCUT2D eigenvalue weighted by Gasteiger charge is 2.07. The first-order valence-electron chi connectivity index (χ1n) is 5.97. The van der Waals surface area contributed by atoms with E-state index in [1.807, 2.05) is 0 Å². The molecule has 0 bridgehead atoms. The van der Waals surface area contributed by atoms with Gasteiger partial charge in [-0.05, 0) is 36.4 Å². The summed E-state index contributed by atoms with van der Waals surface area (Å²) in [6.07, 6.45) is 0. The Balaban J connectivity index is 1.86. The Morgan fingerprint density at radius 1 is 1.14 bits per heavy atom. The molecule has 2 rings (SSSR count). The summed E-state index contributed by atoms with van der Waals surface area (Å²) in [5, 5.41) is 13.0. The number of carbonyl (C=O) groups is 1. The number of hydrogen-bond acceptors (Lipinski definition) is 4. The highest BCUT2D eigenvalue weighted by atomic mass is 19.1. The fraction of sp³-hybridized carbons (Fsp3) is 0.0714. The molecule has 0 unspecified atom stereocenters. The molecule has 0 heterocycles. The Bertz CT molecular complexity index is 641. The second kappa shape index (κ2) is 6.47. The summed E-state index contributed by atoms with van der Waals surface area (Å²) in [5.41, 5.74) is 0.365. The molecular weight excluding hydrogens is 279 g/mol. The van der Waals surface area contributed by atoms with E-state index in [4.69, 9.17) is 4.74 Å². The van der Waals surface area contributed by atoms with Gasteiger partial charge in [-0.15, -0.1) is 0 Å². The Morgan fingerprint density at radius 3 is 2.33 bits per heavy atom. The summed E-state index contributed by atoms with van der Waals surface area (Å²) < 4.78 is 17.8. The first-order chi connectivity index (χ1) is 10.0. The van der Waals surface area contributed by atoms with E-state index in [1.165, 1.54) is 48.5 Å². The number of ether oxygens (including phenoxy) is 1. The molecule has 0 aliphatic carbocycles. The Kier molecular flexibility index (Phi) is 4.45. The van der Waals surface area contributed by atoms with Gasteiger partial charge in [0.2, 0.25) is 0 Å². The molecule has 108 valence electrons. The molecule has 0 aliphatic rings. The van der Waals surface area contributed by atoms with E-state index in [-0.39, 0.29) is 12.3 Å². The van der Waals surface area contributed by atoms with Crippen molar-refractivity contribution in [1.82, 2.24) is 0 Å². The molecule has 0 aliphatic heterocycles. The number of non-ortho nitro benzene ring substituents is 1. The first-order valence-corrected chi connectivity index (χ1v) is 5.97. The van der Waals surface area contributed by atoms with Crippen molar-refractivity contribution in [3.63, 3.8) is 0 Å². The van der Waals surface area contributed by atoms with Gasteiger partial charge in [0.25, 0.3) is 11.6 Å². The number of halogens is 1. The van der Waals surface area contributed by atoms with Crippen LogP contribution in [0.5, 0.6) is 5.75 Å². The second-order valence-corrected chi connectivity index (χ2v) is 4.09. The van der Waals surface area contributed by atoms with Gasteiger partial charge in [0, 0.05) is 17.8 Å². The van der Waals surface area contributed by atoms with Gasteiger partial charge in [0.1, 0.15) is 11.6 Å². The van der Waals surface area contributed by atoms with Crippen LogP contribution in [0.2, 0.25) is 0 Å². The molecule has 0 aromatic heterocycles. The van der Waals surface area contributed by atoms with Crippen LogP contribution in [0, 0.1) is 15.9 Å². The fourth-order valence-corrected chi connectivity index (χ4v) is 1.54. The predicted molar refractivity (Wildman–Crippen MR) is 73.6 cm³/mol. The van der Waals surface area contributed by atoms with Crippen molar-refractivity contribution in [3.05, 3.63) is 64.5 Å². The molecule has 0 radical (unpaired) electrons. The molecule has 0 spiro atoms. The smallest absolute Gasteiger partial charge is 0.269 e. The summed E-state index contributed by atoms with van der Waals surface area (Å²) in [7, 11) is 0. The van der Waals surface area contributed by atoms with Gasteiger partial charge in [-0.1, -0.05) is 0 Å². The van der Waals surface area contributed by atoms with Crippen molar-refractivity contribution >= 4 is 17.3 Å². The van der Waals surface area contributed by atoms with Crippen LogP contribution in [0.3, 0.4) is 0 Å². The number of nitro groups is 1. The van der Waals surface area contributed by atoms with Crippen LogP contribution in [0.25, 0.3) is 0 Å². The molecule has 21 heavy (non-hydrogen) atoms. The Hall–Kier alpha value is -2.96. The number of nitrogens with one attached hydrogen (secondary N) is 1. The van der Waals surface area contributed by atoms with Crippen molar-refractivity contribution in [3.8, 4) is 5.75 Å². The van der Waals surface area contributed by atoms with E-state index >= 15 is 0 Å². The minimum atomic E-state index is -0.525. The molecule has 0 fully saturated rings. The SMILES string of the molecule is O=C(COc1ccc(F)cc1)Nc1ccc([N+](=O)[O-])cc1. The van der Waals surface area contributed by atoms with Gasteiger partial charge in [0.15, 0.2) is 6.61 Å². The zero-order valence-corrected chi connectivity index (χ0v) is 10.8. The molecule has 1 N–H and O–H groups in total. The molecule has 6 nitrogen and oxygen atoms in total. The topological polar surface area (TPSA) is 81.5 Å². The molecular formula is C14H11FN2O4. The lowest BCUT2D eigenvalue weighted by Crippen LogP contribution is -2.20. The average molecular weight is 290 g/mol. The second-order valence-electron chi connectivity index (χ2n) is 4.09. The fourth-order valence-electron chi connectivity index (χ4n) is 1.54. The van der Waals surface area contributed by atoms with Gasteiger partial charge in [0.05, 0.1) is 4.92 Å². The van der Waals surface area contributed by atoms with Crippen LogP contribution in [0.4, 0.5) is 15.8 Å². The number of rotatable bonds is 5. The van der Waals surface area contributed by atoms with E-state index in [2.05, 4.69) is 5.32 Å². The average Bonchev–Trinajstić information content (AvgIpc) is 2.47.